The largest absolute Gasteiger partial charge is 0.381 e. The van der Waals surface area contributed by atoms with E-state index in [9.17, 15) is 0 Å². The lowest BCUT2D eigenvalue weighted by Gasteiger charge is -2.23. The van der Waals surface area contributed by atoms with Gasteiger partial charge >= 0.3 is 0 Å². The Morgan fingerprint density at radius 3 is 2.62 bits per heavy atom. The van der Waals surface area contributed by atoms with Gasteiger partial charge in [0.05, 0.1) is 11.9 Å². The minimum absolute atomic E-state index is 0.506. The summed E-state index contributed by atoms with van der Waals surface area (Å²) < 4.78 is 5.32. The molecule has 1 saturated heterocycles. The first-order chi connectivity index (χ1) is 7.75. The highest BCUT2D eigenvalue weighted by Crippen LogP contribution is 2.16. The van der Waals surface area contributed by atoms with Crippen molar-refractivity contribution in [2.75, 3.05) is 37.5 Å². The number of ether oxygens (including phenoxy) is 1. The van der Waals surface area contributed by atoms with Crippen LogP contribution in [-0.4, -0.2) is 38.3 Å². The van der Waals surface area contributed by atoms with Gasteiger partial charge < -0.3 is 15.0 Å². The third kappa shape index (κ3) is 2.85. The van der Waals surface area contributed by atoms with Crippen molar-refractivity contribution in [2.45, 2.75) is 18.9 Å². The summed E-state index contributed by atoms with van der Waals surface area (Å²) in [6.07, 6.45) is 4.02. The summed E-state index contributed by atoms with van der Waals surface area (Å²) in [6.45, 7) is 1.71. The zero-order valence-corrected chi connectivity index (χ0v) is 9.94. The highest BCUT2D eigenvalue weighted by molar-refractivity contribution is 5.48. The van der Waals surface area contributed by atoms with Crippen molar-refractivity contribution in [2.24, 2.45) is 0 Å². The normalized spacial score (nSPS) is 17.1. The van der Waals surface area contributed by atoms with Crippen LogP contribution in [0, 0.1) is 0 Å². The van der Waals surface area contributed by atoms with Crippen molar-refractivity contribution in [1.82, 2.24) is 4.98 Å². The standard InChI is InChI=1S/C12H19N3O/c1-15(2)11-3-4-12(13-9-11)14-10-5-7-16-8-6-10/h3-4,9-10H,5-8H2,1-2H3,(H,13,14). The maximum absolute atomic E-state index is 5.32. The molecule has 1 N–H and O–H groups in total. The molecular weight excluding hydrogens is 202 g/mol. The summed E-state index contributed by atoms with van der Waals surface area (Å²) in [6, 6.07) is 4.62. The third-order valence-electron chi connectivity index (χ3n) is 2.84. The number of nitrogens with zero attached hydrogens (tertiary/aromatic N) is 2. The van der Waals surface area contributed by atoms with E-state index < -0.39 is 0 Å². The Morgan fingerprint density at radius 1 is 1.31 bits per heavy atom. The molecule has 0 bridgehead atoms. The maximum Gasteiger partial charge on any atom is 0.126 e. The first-order valence-corrected chi connectivity index (χ1v) is 5.73. The minimum atomic E-state index is 0.506. The molecule has 16 heavy (non-hydrogen) atoms. The molecule has 88 valence electrons. The molecule has 4 heteroatoms. The molecule has 0 amide bonds. The average molecular weight is 221 g/mol. The molecule has 0 saturated carbocycles. The van der Waals surface area contributed by atoms with E-state index >= 15 is 0 Å². The lowest BCUT2D eigenvalue weighted by molar-refractivity contribution is 0.0904. The van der Waals surface area contributed by atoms with Crippen LogP contribution < -0.4 is 10.2 Å². The summed E-state index contributed by atoms with van der Waals surface area (Å²) >= 11 is 0. The van der Waals surface area contributed by atoms with E-state index in [1.165, 1.54) is 0 Å². The summed E-state index contributed by atoms with van der Waals surface area (Å²) in [5.74, 6) is 0.956. The van der Waals surface area contributed by atoms with Gasteiger partial charge in [-0.15, -0.1) is 0 Å². The molecule has 1 aromatic rings. The number of rotatable bonds is 3. The predicted molar refractivity (Wildman–Crippen MR) is 66.0 cm³/mol. The van der Waals surface area contributed by atoms with E-state index in [2.05, 4.69) is 16.4 Å². The van der Waals surface area contributed by atoms with E-state index in [0.717, 1.165) is 37.6 Å². The first kappa shape index (κ1) is 11.2. The molecule has 0 atom stereocenters. The average Bonchev–Trinajstić information content (AvgIpc) is 2.31. The van der Waals surface area contributed by atoms with E-state index in [1.807, 2.05) is 31.3 Å². The van der Waals surface area contributed by atoms with Crippen LogP contribution in [0.25, 0.3) is 0 Å². The van der Waals surface area contributed by atoms with Crippen molar-refractivity contribution in [3.8, 4) is 0 Å². The van der Waals surface area contributed by atoms with Crippen LogP contribution in [0.4, 0.5) is 11.5 Å². The molecular formula is C12H19N3O. The van der Waals surface area contributed by atoms with Crippen molar-refractivity contribution in [3.05, 3.63) is 18.3 Å². The second-order valence-corrected chi connectivity index (χ2v) is 4.33. The summed E-state index contributed by atoms with van der Waals surface area (Å²) in [5, 5.41) is 3.44. The molecule has 2 heterocycles. The van der Waals surface area contributed by atoms with Crippen LogP contribution in [0.1, 0.15) is 12.8 Å². The van der Waals surface area contributed by atoms with Gasteiger partial charge in [0.15, 0.2) is 0 Å². The number of pyridine rings is 1. The molecule has 0 spiro atoms. The Hall–Kier alpha value is -1.29. The highest BCUT2D eigenvalue weighted by Gasteiger charge is 2.13. The quantitative estimate of drug-likeness (QED) is 0.843. The van der Waals surface area contributed by atoms with Crippen LogP contribution in [0.2, 0.25) is 0 Å². The topological polar surface area (TPSA) is 37.4 Å². The van der Waals surface area contributed by atoms with Crippen LogP contribution in [0.5, 0.6) is 0 Å². The molecule has 0 aliphatic carbocycles. The molecule has 0 unspecified atom stereocenters. The van der Waals surface area contributed by atoms with Crippen LogP contribution in [0.3, 0.4) is 0 Å². The summed E-state index contributed by atoms with van der Waals surface area (Å²) in [7, 11) is 4.03. The second-order valence-electron chi connectivity index (χ2n) is 4.33. The Balaban J connectivity index is 1.93. The van der Waals surface area contributed by atoms with Crippen molar-refractivity contribution < 1.29 is 4.74 Å². The van der Waals surface area contributed by atoms with Gasteiger partial charge in [0.2, 0.25) is 0 Å². The summed E-state index contributed by atoms with van der Waals surface area (Å²) in [5.41, 5.74) is 1.12. The number of anilines is 2. The van der Waals surface area contributed by atoms with Gasteiger partial charge in [-0.2, -0.15) is 0 Å². The van der Waals surface area contributed by atoms with E-state index in [0.29, 0.717) is 6.04 Å². The maximum atomic E-state index is 5.32. The Bertz CT molecular complexity index is 318. The van der Waals surface area contributed by atoms with Crippen LogP contribution >= 0.6 is 0 Å². The molecule has 2 rings (SSSR count). The number of nitrogens with one attached hydrogen (secondary N) is 1. The molecule has 1 aliphatic heterocycles. The lowest BCUT2D eigenvalue weighted by Crippen LogP contribution is -2.28. The molecule has 4 nitrogen and oxygen atoms in total. The van der Waals surface area contributed by atoms with Crippen LogP contribution in [0.15, 0.2) is 18.3 Å². The van der Waals surface area contributed by atoms with Gasteiger partial charge in [-0.05, 0) is 25.0 Å². The minimum Gasteiger partial charge on any atom is -0.381 e. The van der Waals surface area contributed by atoms with E-state index in [-0.39, 0.29) is 0 Å². The van der Waals surface area contributed by atoms with Crippen molar-refractivity contribution in [1.29, 1.82) is 0 Å². The van der Waals surface area contributed by atoms with Gasteiger partial charge in [0.25, 0.3) is 0 Å². The number of aromatic nitrogens is 1. The highest BCUT2D eigenvalue weighted by atomic mass is 16.5. The fraction of sp³-hybridized carbons (Fsp3) is 0.583. The molecule has 1 aliphatic rings. The van der Waals surface area contributed by atoms with E-state index in [4.69, 9.17) is 4.74 Å². The van der Waals surface area contributed by atoms with Crippen molar-refractivity contribution in [3.63, 3.8) is 0 Å². The zero-order valence-electron chi connectivity index (χ0n) is 9.94. The number of hydrogen-bond donors (Lipinski definition) is 1. The molecule has 0 radical (unpaired) electrons. The second kappa shape index (κ2) is 5.16. The first-order valence-electron chi connectivity index (χ1n) is 5.73. The van der Waals surface area contributed by atoms with Crippen molar-refractivity contribution >= 4 is 11.5 Å². The summed E-state index contributed by atoms with van der Waals surface area (Å²) in [4.78, 5) is 6.45. The molecule has 1 fully saturated rings. The Morgan fingerprint density at radius 2 is 2.06 bits per heavy atom. The van der Waals surface area contributed by atoms with Crippen LogP contribution in [-0.2, 0) is 4.74 Å². The predicted octanol–water partition coefficient (Wildman–Crippen LogP) is 1.74. The number of hydrogen-bond acceptors (Lipinski definition) is 4. The SMILES string of the molecule is CN(C)c1ccc(NC2CCOCC2)nc1. The zero-order chi connectivity index (χ0) is 11.4. The fourth-order valence-corrected chi connectivity index (χ4v) is 1.79. The monoisotopic (exact) mass is 221 g/mol. The van der Waals surface area contributed by atoms with E-state index in [1.54, 1.807) is 0 Å². The van der Waals surface area contributed by atoms with Gasteiger partial charge in [-0.1, -0.05) is 0 Å². The van der Waals surface area contributed by atoms with Gasteiger partial charge in [-0.3, -0.25) is 0 Å². The third-order valence-corrected chi connectivity index (χ3v) is 2.84. The van der Waals surface area contributed by atoms with Gasteiger partial charge in [0, 0.05) is 33.4 Å². The smallest absolute Gasteiger partial charge is 0.126 e. The lowest BCUT2D eigenvalue weighted by atomic mass is 10.1. The molecule has 1 aromatic heterocycles. The Labute approximate surface area is 96.6 Å². The molecule has 0 aromatic carbocycles. The van der Waals surface area contributed by atoms with Gasteiger partial charge in [0.1, 0.15) is 5.82 Å². The van der Waals surface area contributed by atoms with Gasteiger partial charge in [-0.25, -0.2) is 4.98 Å². The Kier molecular flexibility index (Phi) is 3.62. The fourth-order valence-electron chi connectivity index (χ4n) is 1.79.